The second-order valence-corrected chi connectivity index (χ2v) is 10.1. The molecule has 174 valence electrons. The third-order valence-corrected chi connectivity index (χ3v) is 7.70. The van der Waals surface area contributed by atoms with Crippen molar-refractivity contribution in [2.45, 2.75) is 18.9 Å². The fourth-order valence-corrected chi connectivity index (χ4v) is 5.30. The van der Waals surface area contributed by atoms with Crippen LogP contribution in [0.2, 0.25) is 10.0 Å². The number of nitrogens with zero attached hydrogens (tertiary/aromatic N) is 2. The van der Waals surface area contributed by atoms with Crippen molar-refractivity contribution in [2.75, 3.05) is 27.2 Å². The first-order valence-electron chi connectivity index (χ1n) is 11.2. The van der Waals surface area contributed by atoms with Gasteiger partial charge < -0.3 is 15.5 Å². The van der Waals surface area contributed by atoms with Crippen molar-refractivity contribution in [1.29, 1.82) is 0 Å². The van der Waals surface area contributed by atoms with E-state index in [0.717, 1.165) is 52.9 Å². The number of primary amides is 1. The van der Waals surface area contributed by atoms with Crippen molar-refractivity contribution < 1.29 is 9.59 Å². The van der Waals surface area contributed by atoms with Gasteiger partial charge in [0, 0.05) is 30.3 Å². The standard InChI is InChI=1S/C27H25Cl2N3O2/c1-31(2)19-7-8-32(14-19)27(34)17-4-3-16-9-22-21(20(16)10-17)11-18(12-23(22)26(30)33)15-5-6-24(28)25(29)13-15/h3-6,10-13,19H,7-9,14H2,1-2H3,(H2,30,33)/t19-/m1/s1. The molecule has 3 aromatic rings. The highest BCUT2D eigenvalue weighted by Crippen LogP contribution is 2.42. The van der Waals surface area contributed by atoms with E-state index in [4.69, 9.17) is 28.9 Å². The summed E-state index contributed by atoms with van der Waals surface area (Å²) in [5, 5.41) is 0.906. The van der Waals surface area contributed by atoms with Crippen molar-refractivity contribution in [3.05, 3.63) is 80.8 Å². The highest BCUT2D eigenvalue weighted by atomic mass is 35.5. The van der Waals surface area contributed by atoms with E-state index < -0.39 is 5.91 Å². The minimum atomic E-state index is -0.478. The molecule has 34 heavy (non-hydrogen) atoms. The first-order chi connectivity index (χ1) is 16.2. The van der Waals surface area contributed by atoms with Crippen molar-refractivity contribution in [3.8, 4) is 22.3 Å². The first kappa shape index (κ1) is 22.9. The lowest BCUT2D eigenvalue weighted by Crippen LogP contribution is -2.34. The summed E-state index contributed by atoms with van der Waals surface area (Å²) < 4.78 is 0. The molecule has 0 bridgehead atoms. The molecule has 1 aliphatic carbocycles. The summed E-state index contributed by atoms with van der Waals surface area (Å²) in [5.74, 6) is -0.439. The predicted molar refractivity (Wildman–Crippen MR) is 137 cm³/mol. The predicted octanol–water partition coefficient (Wildman–Crippen LogP) is 5.11. The summed E-state index contributed by atoms with van der Waals surface area (Å²) in [7, 11) is 4.10. The lowest BCUT2D eigenvalue weighted by atomic mass is 9.93. The molecule has 1 fully saturated rings. The van der Waals surface area contributed by atoms with Crippen LogP contribution in [-0.4, -0.2) is 54.8 Å². The Balaban J connectivity index is 1.56. The average molecular weight is 494 g/mol. The number of halogens is 2. The summed E-state index contributed by atoms with van der Waals surface area (Å²) in [6.45, 7) is 1.48. The number of likely N-dealkylation sites (N-methyl/N-ethyl adjacent to an activating group) is 1. The normalized spacial score (nSPS) is 16.6. The summed E-state index contributed by atoms with van der Waals surface area (Å²) >= 11 is 12.3. The number of carbonyl (C=O) groups excluding carboxylic acids is 2. The van der Waals surface area contributed by atoms with E-state index in [2.05, 4.69) is 4.90 Å². The van der Waals surface area contributed by atoms with Crippen molar-refractivity contribution >= 4 is 35.0 Å². The van der Waals surface area contributed by atoms with E-state index >= 15 is 0 Å². The van der Waals surface area contributed by atoms with Crippen LogP contribution >= 0.6 is 23.2 Å². The van der Waals surface area contributed by atoms with Gasteiger partial charge in [0.15, 0.2) is 0 Å². The van der Waals surface area contributed by atoms with Gasteiger partial charge >= 0.3 is 0 Å². The molecule has 1 heterocycles. The van der Waals surface area contributed by atoms with E-state index in [0.29, 0.717) is 33.6 Å². The van der Waals surface area contributed by atoms with E-state index in [9.17, 15) is 9.59 Å². The van der Waals surface area contributed by atoms with Gasteiger partial charge in [-0.15, -0.1) is 0 Å². The molecule has 0 unspecified atom stereocenters. The van der Waals surface area contributed by atoms with Crippen LogP contribution in [0, 0.1) is 0 Å². The molecule has 2 N–H and O–H groups in total. The number of carbonyl (C=O) groups is 2. The minimum absolute atomic E-state index is 0.0383. The maximum atomic E-state index is 13.3. The monoisotopic (exact) mass is 493 g/mol. The lowest BCUT2D eigenvalue weighted by molar-refractivity contribution is 0.0783. The fraction of sp³-hybridized carbons (Fsp3) is 0.259. The van der Waals surface area contributed by atoms with Crippen LogP contribution in [0.25, 0.3) is 22.3 Å². The minimum Gasteiger partial charge on any atom is -0.366 e. The van der Waals surface area contributed by atoms with E-state index in [1.54, 1.807) is 12.1 Å². The molecule has 3 aromatic carbocycles. The molecule has 7 heteroatoms. The van der Waals surface area contributed by atoms with Crippen LogP contribution in [0.4, 0.5) is 0 Å². The number of benzene rings is 3. The number of nitrogens with two attached hydrogens (primary N) is 1. The Labute approximate surface area is 209 Å². The number of rotatable bonds is 4. The topological polar surface area (TPSA) is 66.6 Å². The van der Waals surface area contributed by atoms with Crippen molar-refractivity contribution in [2.24, 2.45) is 5.73 Å². The Bertz CT molecular complexity index is 1340. The molecule has 5 nitrogen and oxygen atoms in total. The second-order valence-electron chi connectivity index (χ2n) is 9.25. The maximum Gasteiger partial charge on any atom is 0.253 e. The highest BCUT2D eigenvalue weighted by molar-refractivity contribution is 6.42. The van der Waals surface area contributed by atoms with Gasteiger partial charge in [0.05, 0.1) is 10.0 Å². The Kier molecular flexibility index (Phi) is 5.88. The molecule has 1 aliphatic heterocycles. The zero-order valence-electron chi connectivity index (χ0n) is 19.1. The molecule has 2 aliphatic rings. The van der Waals surface area contributed by atoms with Gasteiger partial charge in [-0.2, -0.15) is 0 Å². The molecule has 0 saturated carbocycles. The van der Waals surface area contributed by atoms with Crippen LogP contribution in [0.1, 0.15) is 38.3 Å². The SMILES string of the molecule is CN(C)[C@@H]1CCN(C(=O)c2ccc3c(c2)-c2cc(-c4ccc(Cl)c(Cl)c4)cc(C(N)=O)c2C3)C1. The van der Waals surface area contributed by atoms with Gasteiger partial charge in [-0.3, -0.25) is 9.59 Å². The van der Waals surface area contributed by atoms with E-state index in [-0.39, 0.29) is 5.91 Å². The number of fused-ring (bicyclic) bond motifs is 3. The fourth-order valence-electron chi connectivity index (χ4n) is 5.00. The Morgan fingerprint density at radius 2 is 1.76 bits per heavy atom. The van der Waals surface area contributed by atoms with Gasteiger partial charge in [-0.1, -0.05) is 35.3 Å². The molecule has 2 amide bonds. The molecule has 1 saturated heterocycles. The molecule has 0 spiro atoms. The van der Waals surface area contributed by atoms with Crippen molar-refractivity contribution in [3.63, 3.8) is 0 Å². The quantitative estimate of drug-likeness (QED) is 0.429. The summed E-state index contributed by atoms with van der Waals surface area (Å²) in [4.78, 5) is 29.7. The van der Waals surface area contributed by atoms with Crippen LogP contribution in [0.3, 0.4) is 0 Å². The van der Waals surface area contributed by atoms with Gasteiger partial charge in [0.1, 0.15) is 0 Å². The third-order valence-electron chi connectivity index (χ3n) is 6.96. The number of likely N-dealkylation sites (tertiary alicyclic amines) is 1. The molecule has 0 radical (unpaired) electrons. The lowest BCUT2D eigenvalue weighted by Gasteiger charge is -2.20. The smallest absolute Gasteiger partial charge is 0.253 e. The molecule has 0 aromatic heterocycles. The van der Waals surface area contributed by atoms with Crippen LogP contribution in [0.5, 0.6) is 0 Å². The number of amides is 2. The average Bonchev–Trinajstić information content (AvgIpc) is 3.44. The molecule has 5 rings (SSSR count). The van der Waals surface area contributed by atoms with Crippen LogP contribution in [0.15, 0.2) is 48.5 Å². The third kappa shape index (κ3) is 3.98. The second kappa shape index (κ2) is 8.73. The summed E-state index contributed by atoms with van der Waals surface area (Å²) in [6, 6.07) is 15.4. The highest BCUT2D eigenvalue weighted by Gasteiger charge is 2.30. The molecular weight excluding hydrogens is 469 g/mol. The maximum absolute atomic E-state index is 13.3. The number of hydrogen-bond acceptors (Lipinski definition) is 3. The summed E-state index contributed by atoms with van der Waals surface area (Å²) in [5.41, 5.74) is 12.4. The molecular formula is C27H25Cl2N3O2. The zero-order chi connectivity index (χ0) is 24.1. The summed E-state index contributed by atoms with van der Waals surface area (Å²) in [6.07, 6.45) is 1.58. The van der Waals surface area contributed by atoms with Crippen LogP contribution < -0.4 is 5.73 Å². The van der Waals surface area contributed by atoms with E-state index in [1.807, 2.05) is 55.4 Å². The number of hydrogen-bond donors (Lipinski definition) is 1. The van der Waals surface area contributed by atoms with Gasteiger partial charge in [0.2, 0.25) is 5.91 Å². The Morgan fingerprint density at radius 3 is 2.44 bits per heavy atom. The van der Waals surface area contributed by atoms with Gasteiger partial charge in [-0.25, -0.2) is 0 Å². The van der Waals surface area contributed by atoms with Crippen molar-refractivity contribution in [1.82, 2.24) is 9.80 Å². The molecule has 1 atom stereocenters. The first-order valence-corrected chi connectivity index (χ1v) is 12.0. The largest absolute Gasteiger partial charge is 0.366 e. The van der Waals surface area contributed by atoms with Gasteiger partial charge in [-0.05, 0) is 96.7 Å². The van der Waals surface area contributed by atoms with Crippen LogP contribution in [-0.2, 0) is 6.42 Å². The van der Waals surface area contributed by atoms with Gasteiger partial charge in [0.25, 0.3) is 5.91 Å². The zero-order valence-corrected chi connectivity index (χ0v) is 20.6. The Morgan fingerprint density at radius 1 is 0.971 bits per heavy atom. The van der Waals surface area contributed by atoms with E-state index in [1.165, 1.54) is 0 Å². The Hall–Kier alpha value is -2.86.